The topological polar surface area (TPSA) is 32.8 Å². The summed E-state index contributed by atoms with van der Waals surface area (Å²) in [5, 5.41) is 0.659. The number of nitrogens with zero attached hydrogens (tertiary/aromatic N) is 2. The molecule has 0 saturated carbocycles. The van der Waals surface area contributed by atoms with Gasteiger partial charge in [-0.15, -0.1) is 0 Å². The molecule has 1 aliphatic heterocycles. The molecule has 1 saturated heterocycles. The molecule has 0 unspecified atom stereocenters. The average Bonchev–Trinajstić information content (AvgIpc) is 2.69. The van der Waals surface area contributed by atoms with E-state index in [1.165, 1.54) is 5.56 Å². The fourth-order valence-electron chi connectivity index (χ4n) is 3.14. The van der Waals surface area contributed by atoms with Gasteiger partial charge in [-0.25, -0.2) is 0 Å². The third-order valence-electron chi connectivity index (χ3n) is 4.68. The zero-order chi connectivity index (χ0) is 18.2. The molecule has 2 aromatic rings. The van der Waals surface area contributed by atoms with E-state index in [1.807, 2.05) is 4.90 Å². The summed E-state index contributed by atoms with van der Waals surface area (Å²) in [7, 11) is 0. The number of rotatable bonds is 7. The first-order chi connectivity index (χ1) is 12.7. The summed E-state index contributed by atoms with van der Waals surface area (Å²) in [6.07, 6.45) is 2.26. The predicted molar refractivity (Wildman–Crippen MR) is 105 cm³/mol. The van der Waals surface area contributed by atoms with Crippen molar-refractivity contribution in [3.8, 4) is 5.75 Å². The maximum atomic E-state index is 12.3. The van der Waals surface area contributed by atoms with Crippen LogP contribution in [-0.4, -0.2) is 55.0 Å². The van der Waals surface area contributed by atoms with Crippen LogP contribution in [0.1, 0.15) is 12.0 Å². The van der Waals surface area contributed by atoms with Crippen molar-refractivity contribution in [3.63, 3.8) is 0 Å². The molecule has 5 heteroatoms. The van der Waals surface area contributed by atoms with Crippen molar-refractivity contribution in [2.24, 2.45) is 0 Å². The summed E-state index contributed by atoms with van der Waals surface area (Å²) in [4.78, 5) is 16.6. The Balaban J connectivity index is 1.33. The second kappa shape index (κ2) is 9.60. The zero-order valence-electron chi connectivity index (χ0n) is 14.9. The van der Waals surface area contributed by atoms with Crippen molar-refractivity contribution in [1.82, 2.24) is 9.80 Å². The fraction of sp³-hybridized carbons (Fsp3) is 0.381. The second-order valence-electron chi connectivity index (χ2n) is 6.55. The van der Waals surface area contributed by atoms with E-state index >= 15 is 0 Å². The summed E-state index contributed by atoms with van der Waals surface area (Å²) >= 11 is 5.85. The number of hydrogen-bond donors (Lipinski definition) is 0. The van der Waals surface area contributed by atoms with Crippen LogP contribution in [0.4, 0.5) is 0 Å². The number of amides is 1. The molecule has 3 rings (SSSR count). The van der Waals surface area contributed by atoms with Crippen LogP contribution in [-0.2, 0) is 11.2 Å². The van der Waals surface area contributed by atoms with Crippen molar-refractivity contribution in [1.29, 1.82) is 0 Å². The summed E-state index contributed by atoms with van der Waals surface area (Å²) in [5.41, 5.74) is 1.39. The van der Waals surface area contributed by atoms with E-state index in [1.54, 1.807) is 24.3 Å². The van der Waals surface area contributed by atoms with Crippen LogP contribution in [0, 0.1) is 0 Å². The third-order valence-corrected chi connectivity index (χ3v) is 4.94. The molecule has 0 spiro atoms. The highest BCUT2D eigenvalue weighted by Gasteiger charge is 2.21. The molecule has 1 aliphatic rings. The van der Waals surface area contributed by atoms with Crippen LogP contribution in [0.3, 0.4) is 0 Å². The van der Waals surface area contributed by atoms with Gasteiger partial charge in [-0.3, -0.25) is 9.69 Å². The fourth-order valence-corrected chi connectivity index (χ4v) is 3.27. The first kappa shape index (κ1) is 18.7. The molecule has 1 heterocycles. The van der Waals surface area contributed by atoms with E-state index in [0.29, 0.717) is 10.8 Å². The molecule has 0 atom stereocenters. The number of aryl methyl sites for hydroxylation is 1. The molecular formula is C21H25ClN2O2. The number of benzene rings is 2. The van der Waals surface area contributed by atoms with Crippen LogP contribution in [0.15, 0.2) is 54.6 Å². The standard InChI is InChI=1S/C21H25ClN2O2/c22-19-8-10-20(11-9-19)26-17-21(25)24-15-13-23(14-16-24)12-4-7-18-5-2-1-3-6-18/h1-3,5-6,8-11H,4,7,12-17H2. The maximum Gasteiger partial charge on any atom is 0.260 e. The van der Waals surface area contributed by atoms with Gasteiger partial charge in [-0.05, 0) is 49.2 Å². The van der Waals surface area contributed by atoms with Gasteiger partial charge < -0.3 is 9.64 Å². The number of piperazine rings is 1. The van der Waals surface area contributed by atoms with E-state index in [2.05, 4.69) is 35.2 Å². The first-order valence-corrected chi connectivity index (χ1v) is 9.51. The van der Waals surface area contributed by atoms with Gasteiger partial charge in [0.15, 0.2) is 6.61 Å². The predicted octanol–water partition coefficient (Wildman–Crippen LogP) is 3.50. The Bertz CT molecular complexity index is 683. The van der Waals surface area contributed by atoms with Gasteiger partial charge in [-0.1, -0.05) is 41.9 Å². The lowest BCUT2D eigenvalue weighted by atomic mass is 10.1. The lowest BCUT2D eigenvalue weighted by Gasteiger charge is -2.34. The van der Waals surface area contributed by atoms with Crippen molar-refractivity contribution in [3.05, 3.63) is 65.2 Å². The Labute approximate surface area is 160 Å². The summed E-state index contributed by atoms with van der Waals surface area (Å²) in [5.74, 6) is 0.714. The molecule has 138 valence electrons. The number of hydrogen-bond acceptors (Lipinski definition) is 3. The molecule has 0 radical (unpaired) electrons. The minimum absolute atomic E-state index is 0.0453. The number of carbonyl (C=O) groups is 1. The van der Waals surface area contributed by atoms with E-state index in [-0.39, 0.29) is 12.5 Å². The van der Waals surface area contributed by atoms with Gasteiger partial charge >= 0.3 is 0 Å². The van der Waals surface area contributed by atoms with Crippen LogP contribution in [0.5, 0.6) is 5.75 Å². The lowest BCUT2D eigenvalue weighted by Crippen LogP contribution is -2.50. The second-order valence-corrected chi connectivity index (χ2v) is 6.99. The zero-order valence-corrected chi connectivity index (χ0v) is 15.7. The van der Waals surface area contributed by atoms with Crippen molar-refractivity contribution in [2.45, 2.75) is 12.8 Å². The monoisotopic (exact) mass is 372 g/mol. The molecular weight excluding hydrogens is 348 g/mol. The van der Waals surface area contributed by atoms with Crippen molar-refractivity contribution < 1.29 is 9.53 Å². The molecule has 1 amide bonds. The van der Waals surface area contributed by atoms with Crippen molar-refractivity contribution >= 4 is 17.5 Å². The largest absolute Gasteiger partial charge is 0.484 e. The Morgan fingerprint density at radius 2 is 1.65 bits per heavy atom. The number of ether oxygens (including phenoxy) is 1. The number of halogens is 1. The Morgan fingerprint density at radius 3 is 2.35 bits per heavy atom. The Kier molecular flexibility index (Phi) is 6.92. The smallest absolute Gasteiger partial charge is 0.260 e. The highest BCUT2D eigenvalue weighted by atomic mass is 35.5. The lowest BCUT2D eigenvalue weighted by molar-refractivity contribution is -0.135. The van der Waals surface area contributed by atoms with Gasteiger partial charge in [-0.2, -0.15) is 0 Å². The van der Waals surface area contributed by atoms with E-state index in [4.69, 9.17) is 16.3 Å². The Hall–Kier alpha value is -2.04. The van der Waals surface area contributed by atoms with Crippen LogP contribution in [0.25, 0.3) is 0 Å². The van der Waals surface area contributed by atoms with Crippen LogP contribution >= 0.6 is 11.6 Å². The van der Waals surface area contributed by atoms with Crippen LogP contribution in [0.2, 0.25) is 5.02 Å². The molecule has 4 nitrogen and oxygen atoms in total. The van der Waals surface area contributed by atoms with Gasteiger partial charge in [0.05, 0.1) is 0 Å². The summed E-state index contributed by atoms with van der Waals surface area (Å²) < 4.78 is 5.55. The molecule has 26 heavy (non-hydrogen) atoms. The molecule has 0 bridgehead atoms. The number of carbonyl (C=O) groups excluding carboxylic acids is 1. The van der Waals surface area contributed by atoms with E-state index < -0.39 is 0 Å². The van der Waals surface area contributed by atoms with Gasteiger partial charge in [0, 0.05) is 31.2 Å². The quantitative estimate of drug-likeness (QED) is 0.745. The van der Waals surface area contributed by atoms with Gasteiger partial charge in [0.25, 0.3) is 5.91 Å². The van der Waals surface area contributed by atoms with Gasteiger partial charge in [0.1, 0.15) is 5.75 Å². The molecule has 1 fully saturated rings. The summed E-state index contributed by atoms with van der Waals surface area (Å²) in [6, 6.07) is 17.7. The molecule has 0 N–H and O–H groups in total. The Morgan fingerprint density at radius 1 is 0.962 bits per heavy atom. The SMILES string of the molecule is O=C(COc1ccc(Cl)cc1)N1CCN(CCCc2ccccc2)CC1. The normalized spacial score (nSPS) is 15.0. The molecule has 0 aromatic heterocycles. The van der Waals surface area contributed by atoms with Gasteiger partial charge in [0.2, 0.25) is 0 Å². The van der Waals surface area contributed by atoms with Crippen molar-refractivity contribution in [2.75, 3.05) is 39.3 Å². The minimum atomic E-state index is 0.0453. The highest BCUT2D eigenvalue weighted by molar-refractivity contribution is 6.30. The van der Waals surface area contributed by atoms with E-state index in [9.17, 15) is 4.79 Å². The van der Waals surface area contributed by atoms with Crippen LogP contribution < -0.4 is 4.74 Å². The average molecular weight is 373 g/mol. The first-order valence-electron chi connectivity index (χ1n) is 9.13. The maximum absolute atomic E-state index is 12.3. The molecule has 2 aromatic carbocycles. The highest BCUT2D eigenvalue weighted by Crippen LogP contribution is 2.15. The third kappa shape index (κ3) is 5.75. The molecule has 0 aliphatic carbocycles. The summed E-state index contributed by atoms with van der Waals surface area (Å²) in [6.45, 7) is 4.57. The minimum Gasteiger partial charge on any atom is -0.484 e. The van der Waals surface area contributed by atoms with E-state index in [0.717, 1.165) is 45.6 Å².